The molecule has 1 saturated heterocycles. The Bertz CT molecular complexity index is 1450. The van der Waals surface area contributed by atoms with E-state index < -0.39 is 0 Å². The summed E-state index contributed by atoms with van der Waals surface area (Å²) in [6.07, 6.45) is 1.27. The van der Waals surface area contributed by atoms with Crippen LogP contribution < -0.4 is 0 Å². The van der Waals surface area contributed by atoms with Crippen LogP contribution >= 0.6 is 0 Å². The Morgan fingerprint density at radius 1 is 0.949 bits per heavy atom. The van der Waals surface area contributed by atoms with E-state index in [9.17, 15) is 9.90 Å². The number of phenols is 1. The highest BCUT2D eigenvalue weighted by molar-refractivity contribution is 5.94. The maximum atomic E-state index is 12.9. The van der Waals surface area contributed by atoms with Crippen molar-refractivity contribution in [3.05, 3.63) is 106 Å². The molecule has 4 aromatic rings. The van der Waals surface area contributed by atoms with Crippen molar-refractivity contribution in [3.63, 3.8) is 0 Å². The normalized spacial score (nSPS) is 14.2. The maximum Gasteiger partial charge on any atom is 0.253 e. The van der Waals surface area contributed by atoms with E-state index in [1.165, 1.54) is 17.5 Å². The van der Waals surface area contributed by atoms with Crippen molar-refractivity contribution in [1.82, 2.24) is 19.6 Å². The number of benzene rings is 3. The van der Waals surface area contributed by atoms with E-state index in [-0.39, 0.29) is 17.7 Å². The number of rotatable bonds is 9. The third-order valence-corrected chi connectivity index (χ3v) is 7.91. The number of phenolic OH excluding ortho intramolecular Hbond substituents is 1. The first kappa shape index (κ1) is 26.7. The minimum absolute atomic E-state index is 0.0349. The molecule has 6 nitrogen and oxygen atoms in total. The molecule has 1 aliphatic rings. The third kappa shape index (κ3) is 5.34. The molecule has 0 bridgehead atoms. The molecule has 1 unspecified atom stereocenters. The zero-order chi connectivity index (χ0) is 27.5. The van der Waals surface area contributed by atoms with Gasteiger partial charge in [0.1, 0.15) is 11.8 Å². The summed E-state index contributed by atoms with van der Waals surface area (Å²) < 4.78 is 2.07. The Balaban J connectivity index is 1.59. The van der Waals surface area contributed by atoms with Crippen molar-refractivity contribution in [3.8, 4) is 16.9 Å². The topological polar surface area (TPSA) is 61.6 Å². The molecular formula is C33H38N4O2. The van der Waals surface area contributed by atoms with E-state index in [1.54, 1.807) is 12.1 Å². The number of carbonyl (C=O) groups is 1. The minimum Gasteiger partial charge on any atom is -0.508 e. The lowest BCUT2D eigenvalue weighted by Crippen LogP contribution is -2.36. The standard InChI is InChI=1S/C33H38N4O2/c1-5-36(6-2)33(39)26-17-15-25(16-18-26)32(27-12-9-13-29(38)21-27)37-24(4)31(23(3)34-37)30-14-8-7-11-28(30)22-35-19-10-20-35/h7-9,11-18,21,32,38H,5-6,10,19-20,22H2,1-4H3. The first-order valence-electron chi connectivity index (χ1n) is 14.0. The number of hydrogen-bond acceptors (Lipinski definition) is 4. The smallest absolute Gasteiger partial charge is 0.253 e. The average Bonchev–Trinajstić information content (AvgIpc) is 3.20. The van der Waals surface area contributed by atoms with Gasteiger partial charge in [-0.25, -0.2) is 0 Å². The molecule has 2 heterocycles. The molecule has 1 atom stereocenters. The molecule has 1 aromatic heterocycles. The van der Waals surface area contributed by atoms with Crippen LogP contribution in [0.1, 0.15) is 64.7 Å². The predicted molar refractivity (Wildman–Crippen MR) is 156 cm³/mol. The van der Waals surface area contributed by atoms with Gasteiger partial charge in [-0.2, -0.15) is 5.10 Å². The summed E-state index contributed by atoms with van der Waals surface area (Å²) in [7, 11) is 0. The molecule has 39 heavy (non-hydrogen) atoms. The van der Waals surface area contributed by atoms with E-state index in [1.807, 2.05) is 55.1 Å². The molecule has 3 aromatic carbocycles. The van der Waals surface area contributed by atoms with Gasteiger partial charge in [0.05, 0.1) is 5.69 Å². The summed E-state index contributed by atoms with van der Waals surface area (Å²) in [5.41, 5.74) is 8.35. The Labute approximate surface area is 231 Å². The molecule has 1 fully saturated rings. The summed E-state index contributed by atoms with van der Waals surface area (Å²) in [5.74, 6) is 0.250. The molecule has 1 aliphatic heterocycles. The van der Waals surface area contributed by atoms with Crippen LogP contribution in [0.2, 0.25) is 0 Å². The zero-order valence-electron chi connectivity index (χ0n) is 23.4. The van der Waals surface area contributed by atoms with Gasteiger partial charge < -0.3 is 10.0 Å². The maximum absolute atomic E-state index is 12.9. The van der Waals surface area contributed by atoms with Crippen molar-refractivity contribution in [2.45, 2.75) is 46.7 Å². The Morgan fingerprint density at radius 2 is 1.67 bits per heavy atom. The van der Waals surface area contributed by atoms with Crippen molar-refractivity contribution < 1.29 is 9.90 Å². The summed E-state index contributed by atoms with van der Waals surface area (Å²) in [4.78, 5) is 17.2. The molecule has 0 saturated carbocycles. The van der Waals surface area contributed by atoms with E-state index >= 15 is 0 Å². The van der Waals surface area contributed by atoms with Crippen LogP contribution in [0.5, 0.6) is 5.75 Å². The summed E-state index contributed by atoms with van der Waals surface area (Å²) >= 11 is 0. The molecule has 0 spiro atoms. The third-order valence-electron chi connectivity index (χ3n) is 7.91. The monoisotopic (exact) mass is 522 g/mol. The van der Waals surface area contributed by atoms with Crippen molar-refractivity contribution in [2.24, 2.45) is 0 Å². The van der Waals surface area contributed by atoms with E-state index in [2.05, 4.69) is 47.7 Å². The lowest BCUT2D eigenvalue weighted by Gasteiger charge is -2.31. The SMILES string of the molecule is CCN(CC)C(=O)c1ccc(C(c2cccc(O)c2)n2nc(C)c(-c3ccccc3CN3CCC3)c2C)cc1. The molecule has 1 N–H and O–H groups in total. The quantitative estimate of drug-likeness (QED) is 0.284. The van der Waals surface area contributed by atoms with Crippen molar-refractivity contribution in [1.29, 1.82) is 0 Å². The number of carbonyl (C=O) groups excluding carboxylic acids is 1. The second kappa shape index (κ2) is 11.5. The highest BCUT2D eigenvalue weighted by atomic mass is 16.3. The number of amides is 1. The van der Waals surface area contributed by atoms with Crippen LogP contribution in [0.4, 0.5) is 0 Å². The first-order chi connectivity index (χ1) is 18.9. The molecule has 1 amide bonds. The molecule has 5 rings (SSSR count). The second-order valence-electron chi connectivity index (χ2n) is 10.4. The summed E-state index contributed by atoms with van der Waals surface area (Å²) in [6.45, 7) is 12.8. The van der Waals surface area contributed by atoms with Crippen LogP contribution in [-0.2, 0) is 6.54 Å². The van der Waals surface area contributed by atoms with Gasteiger partial charge >= 0.3 is 0 Å². The van der Waals surface area contributed by atoms with Crippen LogP contribution in [0.15, 0.2) is 72.8 Å². The Kier molecular flexibility index (Phi) is 7.84. The highest BCUT2D eigenvalue weighted by Gasteiger charge is 2.25. The van der Waals surface area contributed by atoms with Gasteiger partial charge in [0.2, 0.25) is 0 Å². The fraction of sp³-hybridized carbons (Fsp3) is 0.333. The van der Waals surface area contributed by atoms with Gasteiger partial charge in [0.25, 0.3) is 5.91 Å². The van der Waals surface area contributed by atoms with Crippen LogP contribution in [0.3, 0.4) is 0 Å². The highest BCUT2D eigenvalue weighted by Crippen LogP contribution is 2.36. The molecular weight excluding hydrogens is 484 g/mol. The predicted octanol–water partition coefficient (Wildman–Crippen LogP) is 6.20. The minimum atomic E-state index is -0.260. The number of aromatic hydroxyl groups is 1. The lowest BCUT2D eigenvalue weighted by atomic mass is 9.95. The van der Waals surface area contributed by atoms with Gasteiger partial charge in [-0.05, 0) is 93.7 Å². The number of hydrogen-bond donors (Lipinski definition) is 1. The largest absolute Gasteiger partial charge is 0.508 e. The van der Waals surface area contributed by atoms with Crippen molar-refractivity contribution >= 4 is 5.91 Å². The molecule has 202 valence electrons. The van der Waals surface area contributed by atoms with Gasteiger partial charge in [0, 0.05) is 36.5 Å². The van der Waals surface area contributed by atoms with Gasteiger partial charge in [-0.15, -0.1) is 0 Å². The van der Waals surface area contributed by atoms with E-state index in [4.69, 9.17) is 5.10 Å². The zero-order valence-corrected chi connectivity index (χ0v) is 23.4. The van der Waals surface area contributed by atoms with Crippen LogP contribution in [0, 0.1) is 13.8 Å². The number of nitrogens with zero attached hydrogens (tertiary/aromatic N) is 4. The molecule has 0 aliphatic carbocycles. The summed E-state index contributed by atoms with van der Waals surface area (Å²) in [6, 6.07) is 23.6. The first-order valence-corrected chi connectivity index (χ1v) is 14.0. The van der Waals surface area contributed by atoms with Crippen molar-refractivity contribution in [2.75, 3.05) is 26.2 Å². The van der Waals surface area contributed by atoms with Crippen LogP contribution in [-0.4, -0.2) is 56.8 Å². The molecule has 0 radical (unpaired) electrons. The van der Waals surface area contributed by atoms with Gasteiger partial charge in [-0.1, -0.05) is 48.5 Å². The Hall–Kier alpha value is -3.90. The van der Waals surface area contributed by atoms with Gasteiger partial charge in [0.15, 0.2) is 0 Å². The van der Waals surface area contributed by atoms with E-state index in [0.717, 1.165) is 47.7 Å². The Morgan fingerprint density at radius 3 is 2.31 bits per heavy atom. The molecule has 6 heteroatoms. The summed E-state index contributed by atoms with van der Waals surface area (Å²) in [5, 5.41) is 15.4. The van der Waals surface area contributed by atoms with Gasteiger partial charge in [-0.3, -0.25) is 14.4 Å². The number of aromatic nitrogens is 2. The number of likely N-dealkylation sites (tertiary alicyclic amines) is 1. The van der Waals surface area contributed by atoms with Crippen LogP contribution in [0.25, 0.3) is 11.1 Å². The van der Waals surface area contributed by atoms with E-state index in [0.29, 0.717) is 18.7 Å². The average molecular weight is 523 g/mol. The second-order valence-corrected chi connectivity index (χ2v) is 10.4. The lowest BCUT2D eigenvalue weighted by molar-refractivity contribution is 0.0773. The number of aryl methyl sites for hydroxylation is 1. The fourth-order valence-corrected chi connectivity index (χ4v) is 5.66. The fourth-order valence-electron chi connectivity index (χ4n) is 5.66.